The van der Waals surface area contributed by atoms with Gasteiger partial charge < -0.3 is 9.88 Å². The Balaban J connectivity index is 1.98. The van der Waals surface area contributed by atoms with Crippen LogP contribution in [-0.4, -0.2) is 20.4 Å². The maximum Gasteiger partial charge on any atom is 0.257 e. The summed E-state index contributed by atoms with van der Waals surface area (Å²) < 4.78 is 1.98. The predicted octanol–water partition coefficient (Wildman–Crippen LogP) is 2.22. The molecule has 1 N–H and O–H groups in total. The van der Waals surface area contributed by atoms with Crippen LogP contribution in [0.3, 0.4) is 0 Å². The van der Waals surface area contributed by atoms with Crippen LogP contribution in [0.25, 0.3) is 10.9 Å². The van der Waals surface area contributed by atoms with Crippen LogP contribution in [-0.2, 0) is 7.05 Å². The molecule has 0 radical (unpaired) electrons. The second-order valence-electron chi connectivity index (χ2n) is 4.21. The Morgan fingerprint density at radius 1 is 1.26 bits per heavy atom. The summed E-state index contributed by atoms with van der Waals surface area (Å²) >= 11 is 0. The molecule has 5 nitrogen and oxygen atoms in total. The van der Waals surface area contributed by atoms with Crippen LogP contribution in [0.2, 0.25) is 0 Å². The van der Waals surface area contributed by atoms with Gasteiger partial charge in [0.2, 0.25) is 0 Å². The number of benzene rings is 1. The lowest BCUT2D eigenvalue weighted by molar-refractivity contribution is 0.102. The van der Waals surface area contributed by atoms with Gasteiger partial charge in [-0.05, 0) is 24.3 Å². The van der Waals surface area contributed by atoms with Crippen molar-refractivity contribution in [3.05, 3.63) is 54.6 Å². The minimum Gasteiger partial charge on any atom is -0.351 e. The number of nitrogens with zero attached hydrogens (tertiary/aromatic N) is 3. The standard InChI is InChI=1S/C14H12N4O/c1-18-8-6-10-11(3-2-4-12(10)18)14(19)17-13-5-7-15-9-16-13/h2-9H,1H3,(H,15,16,17,19). The quantitative estimate of drug-likeness (QED) is 0.760. The van der Waals surface area contributed by atoms with Crippen molar-refractivity contribution < 1.29 is 4.79 Å². The van der Waals surface area contributed by atoms with Crippen LogP contribution in [0.5, 0.6) is 0 Å². The van der Waals surface area contributed by atoms with E-state index in [0.29, 0.717) is 11.4 Å². The Bertz CT molecular complexity index is 734. The lowest BCUT2D eigenvalue weighted by Gasteiger charge is -2.05. The van der Waals surface area contributed by atoms with Crippen LogP contribution in [0.1, 0.15) is 10.4 Å². The smallest absolute Gasteiger partial charge is 0.257 e. The molecule has 0 aliphatic rings. The second kappa shape index (κ2) is 4.53. The molecule has 19 heavy (non-hydrogen) atoms. The summed E-state index contributed by atoms with van der Waals surface area (Å²) in [5.41, 5.74) is 1.66. The van der Waals surface area contributed by atoms with E-state index in [1.54, 1.807) is 18.3 Å². The average Bonchev–Trinajstić information content (AvgIpc) is 2.82. The van der Waals surface area contributed by atoms with Crippen molar-refractivity contribution in [2.45, 2.75) is 0 Å². The molecule has 3 aromatic rings. The summed E-state index contributed by atoms with van der Waals surface area (Å²) in [7, 11) is 1.95. The van der Waals surface area contributed by atoms with E-state index in [-0.39, 0.29) is 5.91 Å². The van der Waals surface area contributed by atoms with Crippen molar-refractivity contribution in [3.63, 3.8) is 0 Å². The number of fused-ring (bicyclic) bond motifs is 1. The second-order valence-corrected chi connectivity index (χ2v) is 4.21. The van der Waals surface area contributed by atoms with Gasteiger partial charge in [-0.1, -0.05) is 6.07 Å². The Hall–Kier alpha value is -2.69. The molecule has 94 valence electrons. The summed E-state index contributed by atoms with van der Waals surface area (Å²) in [6, 6.07) is 9.25. The zero-order valence-electron chi connectivity index (χ0n) is 10.4. The minimum absolute atomic E-state index is 0.171. The molecule has 1 aromatic carbocycles. The first-order valence-corrected chi connectivity index (χ1v) is 5.87. The first-order valence-electron chi connectivity index (χ1n) is 5.87. The van der Waals surface area contributed by atoms with Gasteiger partial charge in [0.15, 0.2) is 0 Å². The summed E-state index contributed by atoms with van der Waals surface area (Å²) in [5, 5.41) is 3.69. The molecule has 2 heterocycles. The third kappa shape index (κ3) is 2.06. The van der Waals surface area contributed by atoms with Crippen LogP contribution >= 0.6 is 0 Å². The van der Waals surface area contributed by atoms with Gasteiger partial charge in [-0.3, -0.25) is 4.79 Å². The summed E-state index contributed by atoms with van der Waals surface area (Å²) in [4.78, 5) is 20.1. The largest absolute Gasteiger partial charge is 0.351 e. The molecule has 0 spiro atoms. The molecular formula is C14H12N4O. The molecule has 0 saturated carbocycles. The first kappa shape index (κ1) is 11.4. The van der Waals surface area contributed by atoms with Crippen molar-refractivity contribution in [2.24, 2.45) is 7.05 Å². The third-order valence-electron chi connectivity index (χ3n) is 3.00. The number of carbonyl (C=O) groups is 1. The fraction of sp³-hybridized carbons (Fsp3) is 0.0714. The molecule has 0 bridgehead atoms. The lowest BCUT2D eigenvalue weighted by atomic mass is 10.1. The summed E-state index contributed by atoms with van der Waals surface area (Å²) in [5.74, 6) is 0.323. The first-order chi connectivity index (χ1) is 9.25. The molecule has 0 saturated heterocycles. The maximum absolute atomic E-state index is 12.3. The molecule has 2 aromatic heterocycles. The van der Waals surface area contributed by atoms with Gasteiger partial charge in [-0.2, -0.15) is 0 Å². The van der Waals surface area contributed by atoms with E-state index in [1.165, 1.54) is 6.33 Å². The Morgan fingerprint density at radius 3 is 2.95 bits per heavy atom. The summed E-state index contributed by atoms with van der Waals surface area (Å²) in [6.45, 7) is 0. The van der Waals surface area contributed by atoms with E-state index >= 15 is 0 Å². The number of aromatic nitrogens is 3. The molecule has 3 rings (SSSR count). The minimum atomic E-state index is -0.171. The highest BCUT2D eigenvalue weighted by Crippen LogP contribution is 2.20. The SMILES string of the molecule is Cn1ccc2c(C(=O)Nc3ccncn3)cccc21. The maximum atomic E-state index is 12.3. The zero-order valence-corrected chi connectivity index (χ0v) is 10.4. The molecule has 0 unspecified atom stereocenters. The van der Waals surface area contributed by atoms with Gasteiger partial charge in [-0.15, -0.1) is 0 Å². The summed E-state index contributed by atoms with van der Waals surface area (Å²) in [6.07, 6.45) is 4.93. The molecule has 0 aliphatic heterocycles. The van der Waals surface area contributed by atoms with Gasteiger partial charge in [0, 0.05) is 35.9 Å². The lowest BCUT2D eigenvalue weighted by Crippen LogP contribution is -2.13. The van der Waals surface area contributed by atoms with Gasteiger partial charge in [0.25, 0.3) is 5.91 Å². The van der Waals surface area contributed by atoms with Crippen molar-refractivity contribution in [2.75, 3.05) is 5.32 Å². The highest BCUT2D eigenvalue weighted by molar-refractivity contribution is 6.12. The van der Waals surface area contributed by atoms with Crippen LogP contribution in [0.4, 0.5) is 5.82 Å². The van der Waals surface area contributed by atoms with Crippen molar-refractivity contribution in [3.8, 4) is 0 Å². The number of rotatable bonds is 2. The van der Waals surface area contributed by atoms with Crippen LogP contribution in [0.15, 0.2) is 49.1 Å². The van der Waals surface area contributed by atoms with E-state index in [4.69, 9.17) is 0 Å². The fourth-order valence-corrected chi connectivity index (χ4v) is 2.05. The van der Waals surface area contributed by atoms with E-state index in [0.717, 1.165) is 10.9 Å². The molecule has 0 aliphatic carbocycles. The fourth-order valence-electron chi connectivity index (χ4n) is 2.05. The number of anilines is 1. The van der Waals surface area contributed by atoms with Crippen molar-refractivity contribution >= 4 is 22.6 Å². The molecule has 0 atom stereocenters. The predicted molar refractivity (Wildman–Crippen MR) is 72.9 cm³/mol. The van der Waals surface area contributed by atoms with Gasteiger partial charge in [0.05, 0.1) is 0 Å². The molecule has 0 fully saturated rings. The van der Waals surface area contributed by atoms with Crippen LogP contribution < -0.4 is 5.32 Å². The van der Waals surface area contributed by atoms with E-state index in [1.807, 2.05) is 36.0 Å². The normalized spacial score (nSPS) is 10.6. The molecular weight excluding hydrogens is 240 g/mol. The number of amides is 1. The average molecular weight is 252 g/mol. The topological polar surface area (TPSA) is 59.8 Å². The number of carbonyl (C=O) groups excluding carboxylic acids is 1. The molecule has 1 amide bonds. The number of nitrogens with one attached hydrogen (secondary N) is 1. The number of hydrogen-bond acceptors (Lipinski definition) is 3. The van der Waals surface area contributed by atoms with E-state index in [2.05, 4.69) is 15.3 Å². The van der Waals surface area contributed by atoms with E-state index in [9.17, 15) is 4.79 Å². The number of aryl methyl sites for hydroxylation is 1. The highest BCUT2D eigenvalue weighted by Gasteiger charge is 2.11. The van der Waals surface area contributed by atoms with Crippen LogP contribution in [0, 0.1) is 0 Å². The number of hydrogen-bond donors (Lipinski definition) is 1. The van der Waals surface area contributed by atoms with Crippen molar-refractivity contribution in [1.82, 2.24) is 14.5 Å². The Morgan fingerprint density at radius 2 is 2.16 bits per heavy atom. The Kier molecular flexibility index (Phi) is 2.72. The van der Waals surface area contributed by atoms with E-state index < -0.39 is 0 Å². The third-order valence-corrected chi connectivity index (χ3v) is 3.00. The zero-order chi connectivity index (χ0) is 13.2. The monoisotopic (exact) mass is 252 g/mol. The van der Waals surface area contributed by atoms with Gasteiger partial charge in [-0.25, -0.2) is 9.97 Å². The highest BCUT2D eigenvalue weighted by atomic mass is 16.1. The van der Waals surface area contributed by atoms with Gasteiger partial charge in [0.1, 0.15) is 12.1 Å². The Labute approximate surface area is 109 Å². The van der Waals surface area contributed by atoms with Crippen molar-refractivity contribution in [1.29, 1.82) is 0 Å². The van der Waals surface area contributed by atoms with Gasteiger partial charge >= 0.3 is 0 Å². The molecule has 5 heteroatoms.